The molecule has 30 heavy (non-hydrogen) atoms. The number of nitrogens with zero attached hydrogens (tertiary/aromatic N) is 4. The Kier molecular flexibility index (Phi) is 3.92. The quantitative estimate of drug-likeness (QED) is 0.400. The molecule has 0 aliphatic heterocycles. The van der Waals surface area contributed by atoms with Crippen LogP contribution in [0.2, 0.25) is 0 Å². The maximum absolute atomic E-state index is 13.0. The summed E-state index contributed by atoms with van der Waals surface area (Å²) in [5.41, 5.74) is 0.306. The molecule has 0 radical (unpaired) electrons. The van der Waals surface area contributed by atoms with Crippen LogP contribution in [0.5, 0.6) is 0 Å². The standard InChI is InChI=1S/C21H11F3N4O2/c22-21(23,24)13-6-3-5-12(11-13)17-26-19(30-27-17)15-8-4-10-28-18(15)25-16-9-2-1-7-14(16)20(28)29/h1-11H. The summed E-state index contributed by atoms with van der Waals surface area (Å²) >= 11 is 0. The van der Waals surface area contributed by atoms with E-state index in [2.05, 4.69) is 15.1 Å². The fourth-order valence-corrected chi connectivity index (χ4v) is 3.23. The van der Waals surface area contributed by atoms with Crippen LogP contribution in [0, 0.1) is 0 Å². The summed E-state index contributed by atoms with van der Waals surface area (Å²) in [6.45, 7) is 0. The normalized spacial score (nSPS) is 12.0. The summed E-state index contributed by atoms with van der Waals surface area (Å²) in [7, 11) is 0. The number of aromatic nitrogens is 4. The van der Waals surface area contributed by atoms with Crippen molar-refractivity contribution in [3.63, 3.8) is 0 Å². The van der Waals surface area contributed by atoms with Crippen molar-refractivity contribution >= 4 is 16.6 Å². The lowest BCUT2D eigenvalue weighted by Crippen LogP contribution is -2.15. The van der Waals surface area contributed by atoms with Gasteiger partial charge in [0.05, 0.1) is 22.0 Å². The second-order valence-corrected chi connectivity index (χ2v) is 6.55. The number of alkyl halides is 3. The molecule has 148 valence electrons. The van der Waals surface area contributed by atoms with Crippen LogP contribution in [-0.2, 0) is 6.18 Å². The second kappa shape index (κ2) is 6.51. The first kappa shape index (κ1) is 18.0. The number of rotatable bonds is 2. The molecule has 9 heteroatoms. The first-order chi connectivity index (χ1) is 14.4. The lowest BCUT2D eigenvalue weighted by molar-refractivity contribution is -0.137. The topological polar surface area (TPSA) is 73.3 Å². The Hall–Kier alpha value is -4.01. The molecule has 0 aliphatic carbocycles. The van der Waals surface area contributed by atoms with Gasteiger partial charge in [-0.15, -0.1) is 0 Å². The molecule has 6 nitrogen and oxygen atoms in total. The molecule has 0 unspecified atom stereocenters. The number of fused-ring (bicyclic) bond motifs is 2. The van der Waals surface area contributed by atoms with Crippen LogP contribution in [-0.4, -0.2) is 19.5 Å². The predicted octanol–water partition coefficient (Wildman–Crippen LogP) is 4.58. The van der Waals surface area contributed by atoms with Crippen LogP contribution in [0.15, 0.2) is 76.2 Å². The van der Waals surface area contributed by atoms with E-state index in [0.717, 1.165) is 12.1 Å². The fraction of sp³-hybridized carbons (Fsp3) is 0.0476. The van der Waals surface area contributed by atoms with Gasteiger partial charge in [-0.05, 0) is 36.4 Å². The molecule has 3 heterocycles. The van der Waals surface area contributed by atoms with Gasteiger partial charge in [0.1, 0.15) is 0 Å². The van der Waals surface area contributed by atoms with E-state index < -0.39 is 11.7 Å². The predicted molar refractivity (Wildman–Crippen MR) is 103 cm³/mol. The molecule has 0 aliphatic rings. The fourth-order valence-electron chi connectivity index (χ4n) is 3.23. The molecule has 0 amide bonds. The molecule has 0 saturated carbocycles. The van der Waals surface area contributed by atoms with Gasteiger partial charge in [0.15, 0.2) is 5.65 Å². The van der Waals surface area contributed by atoms with Crippen molar-refractivity contribution in [2.75, 3.05) is 0 Å². The van der Waals surface area contributed by atoms with Crippen molar-refractivity contribution in [3.05, 3.63) is 82.8 Å². The molecule has 0 bridgehead atoms. The maximum atomic E-state index is 13.0. The highest BCUT2D eigenvalue weighted by molar-refractivity contribution is 5.83. The third-order valence-electron chi connectivity index (χ3n) is 4.65. The second-order valence-electron chi connectivity index (χ2n) is 6.55. The van der Waals surface area contributed by atoms with Gasteiger partial charge in [0.2, 0.25) is 5.82 Å². The van der Waals surface area contributed by atoms with Gasteiger partial charge in [0, 0.05) is 11.8 Å². The molecule has 0 saturated heterocycles. The van der Waals surface area contributed by atoms with E-state index in [1.54, 1.807) is 42.6 Å². The maximum Gasteiger partial charge on any atom is 0.416 e. The summed E-state index contributed by atoms with van der Waals surface area (Å²) in [6, 6.07) is 14.9. The van der Waals surface area contributed by atoms with E-state index in [0.29, 0.717) is 22.1 Å². The van der Waals surface area contributed by atoms with E-state index in [1.807, 2.05) is 0 Å². The Morgan fingerprint density at radius 2 is 1.77 bits per heavy atom. The third-order valence-corrected chi connectivity index (χ3v) is 4.65. The first-order valence-corrected chi connectivity index (χ1v) is 8.84. The van der Waals surface area contributed by atoms with Crippen LogP contribution in [0.25, 0.3) is 39.4 Å². The lowest BCUT2D eigenvalue weighted by atomic mass is 10.1. The minimum Gasteiger partial charge on any atom is -0.333 e. The van der Waals surface area contributed by atoms with Crippen molar-refractivity contribution in [1.29, 1.82) is 0 Å². The highest BCUT2D eigenvalue weighted by Crippen LogP contribution is 2.32. The molecule has 0 spiro atoms. The molecule has 5 rings (SSSR count). The summed E-state index contributed by atoms with van der Waals surface area (Å²) in [5, 5.41) is 4.27. The Balaban J connectivity index is 1.66. The first-order valence-electron chi connectivity index (χ1n) is 8.84. The van der Waals surface area contributed by atoms with E-state index in [1.165, 1.54) is 16.5 Å². The van der Waals surface area contributed by atoms with Crippen LogP contribution < -0.4 is 5.56 Å². The van der Waals surface area contributed by atoms with Crippen LogP contribution in [0.4, 0.5) is 13.2 Å². The highest BCUT2D eigenvalue weighted by atomic mass is 19.4. The minimum atomic E-state index is -4.48. The van der Waals surface area contributed by atoms with E-state index >= 15 is 0 Å². The summed E-state index contributed by atoms with van der Waals surface area (Å²) in [5.74, 6) is 0.0453. The van der Waals surface area contributed by atoms with E-state index in [4.69, 9.17) is 4.52 Å². The monoisotopic (exact) mass is 408 g/mol. The zero-order valence-electron chi connectivity index (χ0n) is 15.1. The van der Waals surface area contributed by atoms with E-state index in [9.17, 15) is 18.0 Å². The largest absolute Gasteiger partial charge is 0.416 e. The summed E-state index contributed by atoms with van der Waals surface area (Å²) in [6.07, 6.45) is -2.91. The molecular weight excluding hydrogens is 397 g/mol. The van der Waals surface area contributed by atoms with Gasteiger partial charge < -0.3 is 4.52 Å². The van der Waals surface area contributed by atoms with Gasteiger partial charge in [-0.25, -0.2) is 4.98 Å². The minimum absolute atomic E-state index is 0.00115. The molecule has 3 aromatic heterocycles. The van der Waals surface area contributed by atoms with Gasteiger partial charge in [-0.1, -0.05) is 29.4 Å². The third kappa shape index (κ3) is 2.91. The SMILES string of the molecule is O=c1c2ccccc2nc2c(-c3nc(-c4cccc(C(F)(F)F)c4)no3)cccn12. The number of hydrogen-bond donors (Lipinski definition) is 0. The van der Waals surface area contributed by atoms with Crippen molar-refractivity contribution in [3.8, 4) is 22.8 Å². The summed E-state index contributed by atoms with van der Waals surface area (Å²) in [4.78, 5) is 21.5. The van der Waals surface area contributed by atoms with Gasteiger partial charge in [0.25, 0.3) is 11.4 Å². The molecular formula is C21H11F3N4O2. The number of halogens is 3. The van der Waals surface area contributed by atoms with Crippen molar-refractivity contribution < 1.29 is 17.7 Å². The van der Waals surface area contributed by atoms with Crippen LogP contribution in [0.1, 0.15) is 5.56 Å². The Morgan fingerprint density at radius 1 is 0.933 bits per heavy atom. The number of pyridine rings is 1. The Labute approximate surface area is 166 Å². The zero-order valence-corrected chi connectivity index (χ0v) is 15.1. The lowest BCUT2D eigenvalue weighted by Gasteiger charge is -2.06. The number of hydrogen-bond acceptors (Lipinski definition) is 5. The van der Waals surface area contributed by atoms with Crippen molar-refractivity contribution in [1.82, 2.24) is 19.5 Å². The molecule has 0 N–H and O–H groups in total. The number of para-hydroxylation sites is 1. The average Bonchev–Trinajstić information content (AvgIpc) is 3.23. The average molecular weight is 408 g/mol. The highest BCUT2D eigenvalue weighted by Gasteiger charge is 2.30. The van der Waals surface area contributed by atoms with E-state index in [-0.39, 0.29) is 22.8 Å². The molecule has 0 atom stereocenters. The summed E-state index contributed by atoms with van der Waals surface area (Å²) < 4.78 is 45.6. The van der Waals surface area contributed by atoms with Crippen LogP contribution in [0.3, 0.4) is 0 Å². The smallest absolute Gasteiger partial charge is 0.333 e. The van der Waals surface area contributed by atoms with Gasteiger partial charge >= 0.3 is 6.18 Å². The molecule has 0 fully saturated rings. The number of benzene rings is 2. The zero-order chi connectivity index (χ0) is 20.9. The van der Waals surface area contributed by atoms with Crippen molar-refractivity contribution in [2.24, 2.45) is 0 Å². The van der Waals surface area contributed by atoms with Crippen molar-refractivity contribution in [2.45, 2.75) is 6.18 Å². The Morgan fingerprint density at radius 3 is 2.60 bits per heavy atom. The van der Waals surface area contributed by atoms with Crippen LogP contribution >= 0.6 is 0 Å². The molecule has 5 aromatic rings. The Bertz CT molecular complexity index is 1470. The molecule has 2 aromatic carbocycles. The van der Waals surface area contributed by atoms with Gasteiger partial charge in [-0.2, -0.15) is 18.2 Å². The van der Waals surface area contributed by atoms with Gasteiger partial charge in [-0.3, -0.25) is 9.20 Å².